The molecule has 0 unspecified atom stereocenters. The lowest BCUT2D eigenvalue weighted by atomic mass is 9.95. The lowest BCUT2D eigenvalue weighted by Crippen LogP contribution is -2.42. The van der Waals surface area contributed by atoms with Crippen molar-refractivity contribution in [1.29, 1.82) is 0 Å². The Morgan fingerprint density at radius 1 is 1.30 bits per heavy atom. The second-order valence-electron chi connectivity index (χ2n) is 5.14. The Kier molecular flexibility index (Phi) is 4.37. The van der Waals surface area contributed by atoms with Gasteiger partial charge in [-0.2, -0.15) is 0 Å². The zero-order chi connectivity index (χ0) is 14.7. The van der Waals surface area contributed by atoms with E-state index >= 15 is 0 Å². The van der Waals surface area contributed by atoms with Crippen molar-refractivity contribution in [3.8, 4) is 0 Å². The summed E-state index contributed by atoms with van der Waals surface area (Å²) in [7, 11) is 1.63. The quantitative estimate of drug-likeness (QED) is 0.895. The van der Waals surface area contributed by atoms with Crippen LogP contribution >= 0.6 is 0 Å². The Bertz CT molecular complexity index is 523. The van der Waals surface area contributed by atoms with Crippen LogP contribution in [0.2, 0.25) is 0 Å². The third-order valence-electron chi connectivity index (χ3n) is 3.82. The van der Waals surface area contributed by atoms with Gasteiger partial charge in [-0.05, 0) is 43.5 Å². The van der Waals surface area contributed by atoms with Crippen molar-refractivity contribution in [3.63, 3.8) is 0 Å². The molecule has 2 rings (SSSR count). The van der Waals surface area contributed by atoms with Crippen LogP contribution in [0.25, 0.3) is 0 Å². The van der Waals surface area contributed by atoms with E-state index in [-0.39, 0.29) is 23.5 Å². The van der Waals surface area contributed by atoms with Crippen LogP contribution in [0.4, 0.5) is 4.39 Å². The fraction of sp³-hybridized carbons (Fsp3) is 0.467. The molecule has 1 aromatic carbocycles. The van der Waals surface area contributed by atoms with Crippen molar-refractivity contribution < 1.29 is 14.0 Å². The fourth-order valence-electron chi connectivity index (χ4n) is 2.59. The Labute approximate surface area is 118 Å². The van der Waals surface area contributed by atoms with Crippen molar-refractivity contribution in [3.05, 3.63) is 35.1 Å². The molecule has 0 aromatic heterocycles. The average molecular weight is 278 g/mol. The van der Waals surface area contributed by atoms with Crippen LogP contribution in [0, 0.1) is 18.7 Å². The van der Waals surface area contributed by atoms with Crippen molar-refractivity contribution in [2.75, 3.05) is 20.1 Å². The second kappa shape index (κ2) is 6.03. The van der Waals surface area contributed by atoms with Gasteiger partial charge in [0, 0.05) is 31.6 Å². The van der Waals surface area contributed by atoms with Crippen LogP contribution < -0.4 is 5.32 Å². The lowest BCUT2D eigenvalue weighted by molar-refractivity contribution is -0.125. The maximum Gasteiger partial charge on any atom is 0.254 e. The van der Waals surface area contributed by atoms with Gasteiger partial charge in [-0.15, -0.1) is 0 Å². The van der Waals surface area contributed by atoms with Crippen molar-refractivity contribution in [2.24, 2.45) is 5.92 Å². The molecular weight excluding hydrogens is 259 g/mol. The first-order chi connectivity index (χ1) is 9.52. The largest absolute Gasteiger partial charge is 0.359 e. The van der Waals surface area contributed by atoms with Crippen LogP contribution in [0.3, 0.4) is 0 Å². The molecule has 20 heavy (non-hydrogen) atoms. The first-order valence-electron chi connectivity index (χ1n) is 6.80. The molecule has 0 spiro atoms. The Morgan fingerprint density at radius 3 is 2.50 bits per heavy atom. The number of nitrogens with one attached hydrogen (secondary N) is 1. The summed E-state index contributed by atoms with van der Waals surface area (Å²) in [6.45, 7) is 2.86. The summed E-state index contributed by atoms with van der Waals surface area (Å²) in [5.41, 5.74) is 1.17. The molecular formula is C15H19FN2O2. The molecule has 2 amide bonds. The minimum atomic E-state index is -0.336. The van der Waals surface area contributed by atoms with E-state index in [2.05, 4.69) is 5.32 Å². The monoisotopic (exact) mass is 278 g/mol. The summed E-state index contributed by atoms with van der Waals surface area (Å²) in [4.78, 5) is 25.7. The number of aryl methyl sites for hydroxylation is 1. The molecule has 5 heteroatoms. The van der Waals surface area contributed by atoms with Crippen molar-refractivity contribution in [1.82, 2.24) is 10.2 Å². The zero-order valence-electron chi connectivity index (χ0n) is 11.8. The number of rotatable bonds is 2. The highest BCUT2D eigenvalue weighted by Gasteiger charge is 2.27. The molecule has 0 bridgehead atoms. The lowest BCUT2D eigenvalue weighted by Gasteiger charge is -2.31. The normalized spacial score (nSPS) is 16.1. The maximum absolute atomic E-state index is 13.1. The molecule has 1 aliphatic heterocycles. The molecule has 0 aliphatic carbocycles. The Balaban J connectivity index is 2.03. The molecule has 1 heterocycles. The van der Waals surface area contributed by atoms with Gasteiger partial charge in [-0.25, -0.2) is 4.39 Å². The van der Waals surface area contributed by atoms with E-state index in [1.807, 2.05) is 0 Å². The van der Waals surface area contributed by atoms with E-state index in [1.165, 1.54) is 18.2 Å². The van der Waals surface area contributed by atoms with Crippen LogP contribution in [0.15, 0.2) is 18.2 Å². The summed E-state index contributed by atoms with van der Waals surface area (Å²) in [6.07, 6.45) is 1.34. The summed E-state index contributed by atoms with van der Waals surface area (Å²) >= 11 is 0. The van der Waals surface area contributed by atoms with Gasteiger partial charge >= 0.3 is 0 Å². The molecule has 1 N–H and O–H groups in total. The predicted octanol–water partition coefficient (Wildman–Crippen LogP) is 1.73. The van der Waals surface area contributed by atoms with Crippen LogP contribution in [0.1, 0.15) is 28.8 Å². The summed E-state index contributed by atoms with van der Waals surface area (Å²) < 4.78 is 13.1. The number of halogens is 1. The van der Waals surface area contributed by atoms with Gasteiger partial charge in [0.15, 0.2) is 0 Å². The van der Waals surface area contributed by atoms with Gasteiger partial charge in [-0.1, -0.05) is 0 Å². The smallest absolute Gasteiger partial charge is 0.254 e. The number of benzene rings is 1. The third-order valence-corrected chi connectivity index (χ3v) is 3.82. The number of piperidine rings is 1. The highest BCUT2D eigenvalue weighted by molar-refractivity contribution is 5.95. The molecule has 1 aromatic rings. The van der Waals surface area contributed by atoms with Crippen LogP contribution in [-0.2, 0) is 4.79 Å². The van der Waals surface area contributed by atoms with Crippen LogP contribution in [-0.4, -0.2) is 36.9 Å². The third kappa shape index (κ3) is 2.98. The Morgan fingerprint density at radius 2 is 1.95 bits per heavy atom. The first-order valence-corrected chi connectivity index (χ1v) is 6.80. The van der Waals surface area contributed by atoms with Gasteiger partial charge in [0.25, 0.3) is 5.91 Å². The minimum Gasteiger partial charge on any atom is -0.359 e. The number of likely N-dealkylation sites (tertiary alicyclic amines) is 1. The summed E-state index contributed by atoms with van der Waals surface area (Å²) in [5.74, 6) is -0.399. The van der Waals surface area contributed by atoms with E-state index in [1.54, 1.807) is 18.9 Å². The summed E-state index contributed by atoms with van der Waals surface area (Å²) in [6, 6.07) is 4.19. The average Bonchev–Trinajstić information content (AvgIpc) is 2.46. The minimum absolute atomic E-state index is 0.0154. The number of carbonyl (C=O) groups excluding carboxylic acids is 2. The zero-order valence-corrected chi connectivity index (χ0v) is 11.8. The molecule has 108 valence electrons. The number of hydrogen-bond acceptors (Lipinski definition) is 2. The molecule has 4 nitrogen and oxygen atoms in total. The highest BCUT2D eigenvalue weighted by Crippen LogP contribution is 2.20. The van der Waals surface area contributed by atoms with Gasteiger partial charge in [0.1, 0.15) is 5.82 Å². The molecule has 0 saturated carbocycles. The van der Waals surface area contributed by atoms with E-state index < -0.39 is 0 Å². The van der Waals surface area contributed by atoms with Gasteiger partial charge in [0.05, 0.1) is 0 Å². The molecule has 1 aliphatic rings. The molecule has 1 saturated heterocycles. The van der Waals surface area contributed by atoms with Gasteiger partial charge in [-0.3, -0.25) is 9.59 Å². The summed E-state index contributed by atoms with van der Waals surface area (Å²) in [5, 5.41) is 2.64. The van der Waals surface area contributed by atoms with Crippen molar-refractivity contribution in [2.45, 2.75) is 19.8 Å². The van der Waals surface area contributed by atoms with E-state index in [4.69, 9.17) is 0 Å². The SMILES string of the molecule is CNC(=O)C1CCN(C(=O)c2ccc(F)cc2C)CC1. The number of carbonyl (C=O) groups is 2. The predicted molar refractivity (Wildman–Crippen MR) is 73.8 cm³/mol. The van der Waals surface area contributed by atoms with E-state index in [9.17, 15) is 14.0 Å². The second-order valence-corrected chi connectivity index (χ2v) is 5.14. The molecule has 0 atom stereocenters. The standard InChI is InChI=1S/C15H19FN2O2/c1-10-9-12(16)3-4-13(10)15(20)18-7-5-11(6-8-18)14(19)17-2/h3-4,9,11H,5-8H2,1-2H3,(H,17,19). The molecule has 1 fully saturated rings. The topological polar surface area (TPSA) is 49.4 Å². The number of hydrogen-bond donors (Lipinski definition) is 1. The maximum atomic E-state index is 13.1. The van der Waals surface area contributed by atoms with E-state index in [0.29, 0.717) is 37.1 Å². The number of amides is 2. The first kappa shape index (κ1) is 14.5. The van der Waals surface area contributed by atoms with Crippen LogP contribution in [0.5, 0.6) is 0 Å². The number of nitrogens with zero attached hydrogens (tertiary/aromatic N) is 1. The van der Waals surface area contributed by atoms with Gasteiger partial charge < -0.3 is 10.2 Å². The molecule has 0 radical (unpaired) electrons. The van der Waals surface area contributed by atoms with Crippen molar-refractivity contribution >= 4 is 11.8 Å². The van der Waals surface area contributed by atoms with E-state index in [0.717, 1.165) is 0 Å². The fourth-order valence-corrected chi connectivity index (χ4v) is 2.59. The highest BCUT2D eigenvalue weighted by atomic mass is 19.1. The van der Waals surface area contributed by atoms with Gasteiger partial charge in [0.2, 0.25) is 5.91 Å². The Hall–Kier alpha value is -1.91.